The fourth-order valence-electron chi connectivity index (χ4n) is 3.25. The van der Waals surface area contributed by atoms with Gasteiger partial charge in [0.15, 0.2) is 0 Å². The van der Waals surface area contributed by atoms with Crippen LogP contribution in [0.2, 0.25) is 0 Å². The van der Waals surface area contributed by atoms with Crippen LogP contribution in [-0.2, 0) is 17.8 Å². The minimum atomic E-state index is -0.00154. The predicted octanol–water partition coefficient (Wildman–Crippen LogP) is 2.53. The Kier molecular flexibility index (Phi) is 4.37. The molecule has 1 atom stereocenters. The molecule has 0 spiro atoms. The molecule has 4 rings (SSSR count). The van der Waals surface area contributed by atoms with E-state index in [0.29, 0.717) is 32.0 Å². The lowest BCUT2D eigenvalue weighted by atomic mass is 9.97. The minimum Gasteiger partial charge on any atom is -0.381 e. The highest BCUT2D eigenvalue weighted by Crippen LogP contribution is 2.33. The Bertz CT molecular complexity index is 708. The molecule has 2 aromatic rings. The van der Waals surface area contributed by atoms with Gasteiger partial charge in [-0.1, -0.05) is 0 Å². The first-order chi connectivity index (χ1) is 11.7. The Morgan fingerprint density at radius 2 is 2.33 bits per heavy atom. The SMILES string of the molecule is CCOC[C@@H]1CN(C(=O)c2cscn2)Cc2cn(CC3CC3)nc21. The molecule has 128 valence electrons. The molecule has 2 aliphatic rings. The predicted molar refractivity (Wildman–Crippen MR) is 91.0 cm³/mol. The van der Waals surface area contributed by atoms with E-state index < -0.39 is 0 Å². The van der Waals surface area contributed by atoms with Gasteiger partial charge in [0, 0.05) is 49.3 Å². The summed E-state index contributed by atoms with van der Waals surface area (Å²) in [5, 5.41) is 6.62. The van der Waals surface area contributed by atoms with Crippen LogP contribution in [0.25, 0.3) is 0 Å². The Morgan fingerprint density at radius 1 is 1.46 bits per heavy atom. The highest BCUT2D eigenvalue weighted by atomic mass is 32.1. The van der Waals surface area contributed by atoms with Crippen LogP contribution in [0, 0.1) is 5.92 Å². The maximum atomic E-state index is 12.7. The smallest absolute Gasteiger partial charge is 0.273 e. The molecule has 2 aromatic heterocycles. The number of hydrogen-bond acceptors (Lipinski definition) is 5. The van der Waals surface area contributed by atoms with Gasteiger partial charge >= 0.3 is 0 Å². The molecule has 1 aliphatic carbocycles. The van der Waals surface area contributed by atoms with Crippen molar-refractivity contribution in [2.75, 3.05) is 19.8 Å². The third-order valence-corrected chi connectivity index (χ3v) is 5.25. The summed E-state index contributed by atoms with van der Waals surface area (Å²) in [6, 6.07) is 0. The van der Waals surface area contributed by atoms with Gasteiger partial charge in [0.2, 0.25) is 0 Å². The summed E-state index contributed by atoms with van der Waals surface area (Å²) < 4.78 is 7.72. The molecule has 6 nitrogen and oxygen atoms in total. The number of amides is 1. The summed E-state index contributed by atoms with van der Waals surface area (Å²) >= 11 is 1.45. The number of ether oxygens (including phenoxy) is 1. The molecule has 0 radical (unpaired) electrons. The number of aromatic nitrogens is 3. The maximum absolute atomic E-state index is 12.7. The van der Waals surface area contributed by atoms with Crippen LogP contribution in [0.3, 0.4) is 0 Å². The van der Waals surface area contributed by atoms with E-state index in [1.807, 2.05) is 17.2 Å². The molecule has 24 heavy (non-hydrogen) atoms. The van der Waals surface area contributed by atoms with E-state index in [2.05, 4.69) is 15.9 Å². The van der Waals surface area contributed by atoms with Crippen LogP contribution in [0.15, 0.2) is 17.1 Å². The Labute approximate surface area is 145 Å². The standard InChI is InChI=1S/C17H22N4O2S/c1-2-23-9-14-7-20(17(22)15-10-24-11-18-15)6-13-8-21(19-16(13)14)5-12-3-4-12/h8,10-12,14H,2-7,9H2,1H3/t14-/m0/s1. The average molecular weight is 346 g/mol. The molecule has 3 heterocycles. The third-order valence-electron chi connectivity index (χ3n) is 4.66. The van der Waals surface area contributed by atoms with Gasteiger partial charge in [-0.05, 0) is 25.7 Å². The number of rotatable bonds is 6. The molecule has 0 unspecified atom stereocenters. The highest BCUT2D eigenvalue weighted by Gasteiger charge is 2.33. The van der Waals surface area contributed by atoms with Crippen LogP contribution in [0.5, 0.6) is 0 Å². The molecule has 1 amide bonds. The Hall–Kier alpha value is -1.73. The second-order valence-electron chi connectivity index (χ2n) is 6.62. The second-order valence-corrected chi connectivity index (χ2v) is 7.34. The van der Waals surface area contributed by atoms with Crippen molar-refractivity contribution in [1.82, 2.24) is 19.7 Å². The van der Waals surface area contributed by atoms with Gasteiger partial charge in [0.25, 0.3) is 5.91 Å². The van der Waals surface area contributed by atoms with Gasteiger partial charge in [-0.3, -0.25) is 9.48 Å². The van der Waals surface area contributed by atoms with Gasteiger partial charge in [-0.15, -0.1) is 11.3 Å². The Balaban J connectivity index is 1.57. The lowest BCUT2D eigenvalue weighted by Gasteiger charge is -2.31. The van der Waals surface area contributed by atoms with E-state index in [1.165, 1.54) is 24.2 Å². The molecule has 1 saturated carbocycles. The molecular weight excluding hydrogens is 324 g/mol. The van der Waals surface area contributed by atoms with E-state index in [9.17, 15) is 4.79 Å². The van der Waals surface area contributed by atoms with Crippen molar-refractivity contribution in [3.8, 4) is 0 Å². The normalized spacial score (nSPS) is 20.2. The summed E-state index contributed by atoms with van der Waals surface area (Å²) in [4.78, 5) is 18.7. The number of nitrogens with zero attached hydrogens (tertiary/aromatic N) is 4. The van der Waals surface area contributed by atoms with Crippen molar-refractivity contribution in [1.29, 1.82) is 0 Å². The summed E-state index contributed by atoms with van der Waals surface area (Å²) in [5.41, 5.74) is 4.49. The van der Waals surface area contributed by atoms with E-state index in [4.69, 9.17) is 9.84 Å². The third kappa shape index (κ3) is 3.23. The van der Waals surface area contributed by atoms with Crippen molar-refractivity contribution < 1.29 is 9.53 Å². The summed E-state index contributed by atoms with van der Waals surface area (Å²) in [5.74, 6) is 0.916. The highest BCUT2D eigenvalue weighted by molar-refractivity contribution is 7.07. The quantitative estimate of drug-likeness (QED) is 0.806. The van der Waals surface area contributed by atoms with Crippen molar-refractivity contribution in [3.05, 3.63) is 34.0 Å². The van der Waals surface area contributed by atoms with Crippen molar-refractivity contribution >= 4 is 17.2 Å². The number of carbonyl (C=O) groups is 1. The monoisotopic (exact) mass is 346 g/mol. The molecular formula is C17H22N4O2S. The van der Waals surface area contributed by atoms with Crippen molar-refractivity contribution in [3.63, 3.8) is 0 Å². The molecule has 1 aliphatic heterocycles. The minimum absolute atomic E-state index is 0.00154. The van der Waals surface area contributed by atoms with Gasteiger partial charge < -0.3 is 9.64 Å². The van der Waals surface area contributed by atoms with Gasteiger partial charge in [-0.2, -0.15) is 5.10 Å². The van der Waals surface area contributed by atoms with Gasteiger partial charge in [-0.25, -0.2) is 4.98 Å². The van der Waals surface area contributed by atoms with Crippen LogP contribution in [0.1, 0.15) is 47.4 Å². The molecule has 0 N–H and O–H groups in total. The largest absolute Gasteiger partial charge is 0.381 e. The number of thiazole rings is 1. The zero-order valence-corrected chi connectivity index (χ0v) is 14.7. The fourth-order valence-corrected chi connectivity index (χ4v) is 3.78. The number of carbonyl (C=O) groups excluding carboxylic acids is 1. The second kappa shape index (κ2) is 6.64. The van der Waals surface area contributed by atoms with E-state index >= 15 is 0 Å². The maximum Gasteiger partial charge on any atom is 0.273 e. The van der Waals surface area contributed by atoms with E-state index in [1.54, 1.807) is 5.51 Å². The van der Waals surface area contributed by atoms with Gasteiger partial charge in [0.1, 0.15) is 5.69 Å². The van der Waals surface area contributed by atoms with Crippen molar-refractivity contribution in [2.45, 2.75) is 38.8 Å². The lowest BCUT2D eigenvalue weighted by molar-refractivity contribution is 0.0647. The molecule has 7 heteroatoms. The van der Waals surface area contributed by atoms with E-state index in [0.717, 1.165) is 23.7 Å². The number of fused-ring (bicyclic) bond motifs is 1. The van der Waals surface area contributed by atoms with Crippen LogP contribution in [0.4, 0.5) is 0 Å². The zero-order valence-electron chi connectivity index (χ0n) is 13.9. The zero-order chi connectivity index (χ0) is 16.5. The van der Waals surface area contributed by atoms with Crippen molar-refractivity contribution in [2.24, 2.45) is 5.92 Å². The first kappa shape index (κ1) is 15.8. The summed E-state index contributed by atoms with van der Waals surface area (Å²) in [6.45, 7) is 5.52. The molecule has 0 bridgehead atoms. The van der Waals surface area contributed by atoms with Crippen LogP contribution in [-0.4, -0.2) is 45.3 Å². The molecule has 0 aromatic carbocycles. The summed E-state index contributed by atoms with van der Waals surface area (Å²) in [6.07, 6.45) is 4.73. The fraction of sp³-hybridized carbons (Fsp3) is 0.588. The molecule has 1 fully saturated rings. The summed E-state index contributed by atoms with van der Waals surface area (Å²) in [7, 11) is 0. The Morgan fingerprint density at radius 3 is 3.04 bits per heavy atom. The van der Waals surface area contributed by atoms with E-state index in [-0.39, 0.29) is 11.8 Å². The number of hydrogen-bond donors (Lipinski definition) is 0. The van der Waals surface area contributed by atoms with Crippen LogP contribution >= 0.6 is 11.3 Å². The van der Waals surface area contributed by atoms with Crippen LogP contribution < -0.4 is 0 Å². The average Bonchev–Trinajstić information content (AvgIpc) is 3.08. The first-order valence-corrected chi connectivity index (χ1v) is 9.50. The first-order valence-electron chi connectivity index (χ1n) is 8.56. The molecule has 0 saturated heterocycles. The lowest BCUT2D eigenvalue weighted by Crippen LogP contribution is -2.39. The topological polar surface area (TPSA) is 60.2 Å². The van der Waals surface area contributed by atoms with Gasteiger partial charge in [0.05, 0.1) is 17.8 Å².